The molecule has 146 valence electrons. The number of hydrogen-bond donors (Lipinski definition) is 0. The highest BCUT2D eigenvalue weighted by Gasteiger charge is 2.15. The van der Waals surface area contributed by atoms with E-state index in [0.29, 0.717) is 5.56 Å². The molecule has 5 aromatic carbocycles. The summed E-state index contributed by atoms with van der Waals surface area (Å²) >= 11 is 6.36. The van der Waals surface area contributed by atoms with Crippen LogP contribution in [0.4, 0.5) is 0 Å². The van der Waals surface area contributed by atoms with Crippen molar-refractivity contribution in [3.63, 3.8) is 0 Å². The summed E-state index contributed by atoms with van der Waals surface area (Å²) in [6.45, 7) is 0. The highest BCUT2D eigenvalue weighted by atomic mass is 35.5. The largest absolute Gasteiger partial charge is 0.226 e. The monoisotopic (exact) mass is 424 g/mol. The third-order valence-electron chi connectivity index (χ3n) is 5.15. The lowest BCUT2D eigenvalue weighted by Gasteiger charge is -2.11. The first-order valence-corrected chi connectivity index (χ1v) is 9.89. The Balaban J connectivity index is 1.73. The Morgan fingerprint density at radius 2 is 1.32 bits per heavy atom. The van der Waals surface area contributed by atoms with Gasteiger partial charge in [0.15, 0.2) is 11.6 Å². The first-order chi connectivity index (χ1) is 18.2. The summed E-state index contributed by atoms with van der Waals surface area (Å²) in [5.74, 6) is 0.0857. The molecule has 0 aliphatic carbocycles. The average Bonchev–Trinajstić information content (AvgIpc) is 2.92. The van der Waals surface area contributed by atoms with E-state index in [-0.39, 0.29) is 33.3 Å². The number of halogens is 1. The molecule has 0 radical (unpaired) electrons. The standard InChI is InChI=1S/C27H16ClN3/c28-27-30-25(22-13-5-9-17-7-1-3-11-20(17)22)29-26(31-27)23-14-6-10-19-16-15-18-8-2-4-12-21(18)24(19)23/h1-16H/i1D,3D,5D,7D,9D,11D,13D. The summed E-state index contributed by atoms with van der Waals surface area (Å²) in [4.78, 5) is 13.2. The highest BCUT2D eigenvalue weighted by molar-refractivity contribution is 6.28. The number of hydrogen-bond acceptors (Lipinski definition) is 3. The molecule has 1 aromatic heterocycles. The molecule has 0 spiro atoms. The van der Waals surface area contributed by atoms with Crippen molar-refractivity contribution in [3.05, 3.63) is 102 Å². The van der Waals surface area contributed by atoms with Gasteiger partial charge in [-0.15, -0.1) is 0 Å². The minimum atomic E-state index is -0.531. The molecule has 1 heterocycles. The summed E-state index contributed by atoms with van der Waals surface area (Å²) in [7, 11) is 0. The van der Waals surface area contributed by atoms with E-state index >= 15 is 0 Å². The second-order valence-corrected chi connectivity index (χ2v) is 7.28. The van der Waals surface area contributed by atoms with Gasteiger partial charge in [0.1, 0.15) is 0 Å². The molecule has 0 bridgehead atoms. The van der Waals surface area contributed by atoms with Gasteiger partial charge in [0, 0.05) is 16.5 Å². The molecule has 0 aliphatic rings. The zero-order valence-electron chi connectivity index (χ0n) is 22.9. The fourth-order valence-corrected chi connectivity index (χ4v) is 3.97. The lowest BCUT2D eigenvalue weighted by atomic mass is 9.97. The molecular formula is C27H16ClN3. The molecule has 6 aromatic rings. The van der Waals surface area contributed by atoms with Gasteiger partial charge in [-0.2, -0.15) is 9.97 Å². The van der Waals surface area contributed by atoms with E-state index in [1.165, 1.54) is 0 Å². The maximum Gasteiger partial charge on any atom is 0.226 e. The first kappa shape index (κ1) is 12.1. The van der Waals surface area contributed by atoms with Crippen LogP contribution in [0.1, 0.15) is 9.60 Å². The van der Waals surface area contributed by atoms with Crippen LogP contribution in [0.25, 0.3) is 55.1 Å². The van der Waals surface area contributed by atoms with Gasteiger partial charge in [0.25, 0.3) is 0 Å². The maximum atomic E-state index is 8.63. The van der Waals surface area contributed by atoms with Crippen molar-refractivity contribution >= 4 is 43.9 Å². The van der Waals surface area contributed by atoms with E-state index in [1.54, 1.807) is 0 Å². The van der Waals surface area contributed by atoms with E-state index in [9.17, 15) is 0 Å². The van der Waals surface area contributed by atoms with Gasteiger partial charge in [-0.3, -0.25) is 0 Å². The van der Waals surface area contributed by atoms with Crippen LogP contribution in [0, 0.1) is 0 Å². The predicted molar refractivity (Wildman–Crippen MR) is 128 cm³/mol. The number of fused-ring (bicyclic) bond motifs is 4. The minimum Gasteiger partial charge on any atom is -0.208 e. The van der Waals surface area contributed by atoms with Crippen LogP contribution in [0.15, 0.2) is 96.9 Å². The molecule has 0 aliphatic heterocycles. The normalized spacial score (nSPS) is 14.5. The van der Waals surface area contributed by atoms with Crippen molar-refractivity contribution in [2.24, 2.45) is 0 Å². The van der Waals surface area contributed by atoms with Gasteiger partial charge < -0.3 is 0 Å². The molecule has 0 fully saturated rings. The quantitative estimate of drug-likeness (QED) is 0.273. The van der Waals surface area contributed by atoms with E-state index in [1.807, 2.05) is 54.6 Å². The van der Waals surface area contributed by atoms with Crippen molar-refractivity contribution in [1.82, 2.24) is 15.0 Å². The lowest BCUT2D eigenvalue weighted by molar-refractivity contribution is 1.07. The van der Waals surface area contributed by atoms with Crippen LogP contribution >= 0.6 is 11.6 Å². The molecule has 0 saturated carbocycles. The summed E-state index contributed by atoms with van der Waals surface area (Å²) in [6.07, 6.45) is 0. The van der Waals surface area contributed by atoms with Gasteiger partial charge in [-0.05, 0) is 38.5 Å². The van der Waals surface area contributed by atoms with Crippen molar-refractivity contribution in [2.45, 2.75) is 0 Å². The Hall–Kier alpha value is -3.82. The molecule has 31 heavy (non-hydrogen) atoms. The second-order valence-electron chi connectivity index (χ2n) is 6.94. The lowest BCUT2D eigenvalue weighted by Crippen LogP contribution is -1.98. The van der Waals surface area contributed by atoms with E-state index in [4.69, 9.17) is 21.2 Å². The SMILES string of the molecule is [2H]c1c([2H])c([2H])c2c(-c3nc(Cl)nc(-c4cccc5ccc6ccccc6c45)n3)c([2H])c([2H])c([2H])c2c1[2H]. The number of aromatic nitrogens is 3. The maximum absolute atomic E-state index is 8.63. The smallest absolute Gasteiger partial charge is 0.208 e. The predicted octanol–water partition coefficient (Wildman–Crippen LogP) is 7.32. The van der Waals surface area contributed by atoms with Crippen LogP contribution in [0.3, 0.4) is 0 Å². The molecule has 0 atom stereocenters. The summed E-state index contributed by atoms with van der Waals surface area (Å²) < 4.78 is 58.4. The fourth-order valence-electron chi connectivity index (χ4n) is 3.81. The summed E-state index contributed by atoms with van der Waals surface area (Å²) in [6, 6.07) is 14.2. The fraction of sp³-hybridized carbons (Fsp3) is 0. The van der Waals surface area contributed by atoms with Gasteiger partial charge in [0.05, 0.1) is 9.60 Å². The van der Waals surface area contributed by atoms with Crippen molar-refractivity contribution in [3.8, 4) is 22.8 Å². The molecule has 0 unspecified atom stereocenters. The van der Waals surface area contributed by atoms with E-state index in [0.717, 1.165) is 21.5 Å². The Morgan fingerprint density at radius 1 is 0.581 bits per heavy atom. The molecule has 0 saturated heterocycles. The van der Waals surface area contributed by atoms with Crippen LogP contribution in [0.5, 0.6) is 0 Å². The van der Waals surface area contributed by atoms with Gasteiger partial charge in [0.2, 0.25) is 5.28 Å². The second kappa shape index (κ2) is 7.15. The van der Waals surface area contributed by atoms with Crippen LogP contribution in [0.2, 0.25) is 5.28 Å². The van der Waals surface area contributed by atoms with Crippen molar-refractivity contribution in [1.29, 1.82) is 0 Å². The van der Waals surface area contributed by atoms with Crippen LogP contribution in [-0.4, -0.2) is 15.0 Å². The Morgan fingerprint density at radius 3 is 2.26 bits per heavy atom. The third-order valence-corrected chi connectivity index (χ3v) is 5.32. The number of nitrogens with zero attached hydrogens (tertiary/aromatic N) is 3. The van der Waals surface area contributed by atoms with Gasteiger partial charge in [-0.1, -0.05) is 96.9 Å². The summed E-state index contributed by atoms with van der Waals surface area (Å²) in [5, 5.41) is 3.36. The Bertz CT molecular complexity index is 1970. The summed E-state index contributed by atoms with van der Waals surface area (Å²) in [5.41, 5.74) is 0.550. The van der Waals surface area contributed by atoms with Gasteiger partial charge in [-0.25, -0.2) is 4.98 Å². The van der Waals surface area contributed by atoms with Crippen LogP contribution in [-0.2, 0) is 0 Å². The molecule has 0 amide bonds. The minimum absolute atomic E-state index is 0.108. The zero-order valence-corrected chi connectivity index (χ0v) is 16.7. The number of rotatable bonds is 2. The van der Waals surface area contributed by atoms with E-state index in [2.05, 4.69) is 15.0 Å². The topological polar surface area (TPSA) is 38.7 Å². The molecule has 4 heteroatoms. The molecular weight excluding hydrogens is 402 g/mol. The van der Waals surface area contributed by atoms with Crippen molar-refractivity contribution in [2.75, 3.05) is 0 Å². The molecule has 3 nitrogen and oxygen atoms in total. The average molecular weight is 425 g/mol. The zero-order chi connectivity index (χ0) is 26.9. The molecule has 6 rings (SSSR count). The first-order valence-electron chi connectivity index (χ1n) is 13.0. The van der Waals surface area contributed by atoms with Crippen molar-refractivity contribution < 1.29 is 9.60 Å². The Kier molecular flexibility index (Phi) is 2.80. The highest BCUT2D eigenvalue weighted by Crippen LogP contribution is 2.34. The van der Waals surface area contributed by atoms with E-state index < -0.39 is 42.3 Å². The van der Waals surface area contributed by atoms with Crippen LogP contribution < -0.4 is 0 Å². The third kappa shape index (κ3) is 3.02. The number of benzene rings is 5. The molecule has 0 N–H and O–H groups in total. The Labute approximate surface area is 193 Å². The van der Waals surface area contributed by atoms with Gasteiger partial charge >= 0.3 is 0 Å².